The Morgan fingerprint density at radius 2 is 2.40 bits per heavy atom. The molecule has 1 N–H and O–H groups in total. The number of aryl methyl sites for hydroxylation is 1. The van der Waals surface area contributed by atoms with Crippen LogP contribution >= 0.6 is 15.9 Å². The van der Waals surface area contributed by atoms with Crippen LogP contribution in [0.4, 0.5) is 0 Å². The Balaban J connectivity index is 2.25. The van der Waals surface area contributed by atoms with Crippen LogP contribution in [0, 0.1) is 0 Å². The molecule has 2 aromatic heterocycles. The first-order valence-corrected chi connectivity index (χ1v) is 5.87. The van der Waals surface area contributed by atoms with Crippen molar-refractivity contribution in [2.75, 3.05) is 13.6 Å². The van der Waals surface area contributed by atoms with Crippen molar-refractivity contribution in [3.63, 3.8) is 0 Å². The van der Waals surface area contributed by atoms with E-state index < -0.39 is 0 Å². The lowest BCUT2D eigenvalue weighted by molar-refractivity contribution is 0.701. The number of halogens is 1. The molecule has 4 heteroatoms. The van der Waals surface area contributed by atoms with Crippen LogP contribution in [0.1, 0.15) is 12.2 Å². The SMILES string of the molecule is CNCCCc1ncc2c(Br)cccn12. The maximum Gasteiger partial charge on any atom is 0.113 e. The molecule has 0 aromatic carbocycles. The number of fused-ring (bicyclic) bond motifs is 1. The monoisotopic (exact) mass is 267 g/mol. The second kappa shape index (κ2) is 4.77. The summed E-state index contributed by atoms with van der Waals surface area (Å²) >= 11 is 3.52. The average Bonchev–Trinajstić information content (AvgIpc) is 2.64. The molecule has 0 atom stereocenters. The summed E-state index contributed by atoms with van der Waals surface area (Å²) in [6, 6.07) is 4.06. The van der Waals surface area contributed by atoms with Gasteiger partial charge in [-0.3, -0.25) is 0 Å². The minimum Gasteiger partial charge on any atom is -0.320 e. The second-order valence-electron chi connectivity index (χ2n) is 3.49. The predicted octanol–water partition coefficient (Wildman–Crippen LogP) is 2.25. The molecule has 0 aliphatic carbocycles. The predicted molar refractivity (Wildman–Crippen MR) is 65.1 cm³/mol. The Kier molecular flexibility index (Phi) is 3.38. The van der Waals surface area contributed by atoms with Crippen LogP contribution < -0.4 is 5.32 Å². The summed E-state index contributed by atoms with van der Waals surface area (Å²) in [6.07, 6.45) is 6.09. The first-order valence-electron chi connectivity index (χ1n) is 5.08. The highest BCUT2D eigenvalue weighted by molar-refractivity contribution is 9.10. The number of imidazole rings is 1. The molecule has 0 radical (unpaired) electrons. The molecule has 0 unspecified atom stereocenters. The van der Waals surface area contributed by atoms with Crippen LogP contribution in [-0.4, -0.2) is 23.0 Å². The van der Waals surface area contributed by atoms with Gasteiger partial charge in [0.2, 0.25) is 0 Å². The molecule has 0 bridgehead atoms. The molecule has 15 heavy (non-hydrogen) atoms. The topological polar surface area (TPSA) is 29.3 Å². The molecule has 0 aliphatic rings. The fourth-order valence-corrected chi connectivity index (χ4v) is 2.10. The van der Waals surface area contributed by atoms with Crippen LogP contribution in [0.3, 0.4) is 0 Å². The summed E-state index contributed by atoms with van der Waals surface area (Å²) in [5.74, 6) is 1.13. The van der Waals surface area contributed by atoms with E-state index in [4.69, 9.17) is 0 Å². The van der Waals surface area contributed by atoms with Gasteiger partial charge in [-0.25, -0.2) is 4.98 Å². The molecular formula is C11H14BrN3. The van der Waals surface area contributed by atoms with E-state index in [1.165, 1.54) is 0 Å². The van der Waals surface area contributed by atoms with E-state index in [0.29, 0.717) is 0 Å². The minimum atomic E-state index is 1.01. The van der Waals surface area contributed by atoms with Gasteiger partial charge in [0.05, 0.1) is 11.7 Å². The Morgan fingerprint density at radius 3 is 3.20 bits per heavy atom. The molecule has 0 spiro atoms. The Morgan fingerprint density at radius 1 is 1.53 bits per heavy atom. The van der Waals surface area contributed by atoms with Gasteiger partial charge in [-0.1, -0.05) is 0 Å². The van der Waals surface area contributed by atoms with Gasteiger partial charge in [-0.15, -0.1) is 0 Å². The third kappa shape index (κ3) is 2.21. The quantitative estimate of drug-likeness (QED) is 0.862. The van der Waals surface area contributed by atoms with Crippen molar-refractivity contribution in [3.8, 4) is 0 Å². The normalized spacial score (nSPS) is 11.1. The van der Waals surface area contributed by atoms with Gasteiger partial charge in [0.1, 0.15) is 5.82 Å². The van der Waals surface area contributed by atoms with E-state index in [-0.39, 0.29) is 0 Å². The molecule has 3 nitrogen and oxygen atoms in total. The number of aromatic nitrogens is 2. The molecule has 2 rings (SSSR count). The summed E-state index contributed by atoms with van der Waals surface area (Å²) in [6.45, 7) is 1.03. The van der Waals surface area contributed by atoms with Crippen LogP contribution in [0.15, 0.2) is 29.0 Å². The second-order valence-corrected chi connectivity index (χ2v) is 4.35. The van der Waals surface area contributed by atoms with Crippen molar-refractivity contribution in [2.24, 2.45) is 0 Å². The molecule has 80 valence electrons. The maximum absolute atomic E-state index is 4.43. The highest BCUT2D eigenvalue weighted by Gasteiger charge is 2.04. The van der Waals surface area contributed by atoms with Crippen molar-refractivity contribution in [3.05, 3.63) is 34.8 Å². The van der Waals surface area contributed by atoms with E-state index in [9.17, 15) is 0 Å². The van der Waals surface area contributed by atoms with Gasteiger partial charge in [0.25, 0.3) is 0 Å². The maximum atomic E-state index is 4.43. The highest BCUT2D eigenvalue weighted by Crippen LogP contribution is 2.18. The van der Waals surface area contributed by atoms with Crippen LogP contribution in [0.2, 0.25) is 0 Å². The molecule has 0 aliphatic heterocycles. The Labute approximate surface area is 97.6 Å². The largest absolute Gasteiger partial charge is 0.320 e. The van der Waals surface area contributed by atoms with Crippen molar-refractivity contribution in [2.45, 2.75) is 12.8 Å². The Bertz CT molecular complexity index is 450. The fraction of sp³-hybridized carbons (Fsp3) is 0.364. The van der Waals surface area contributed by atoms with Crippen LogP contribution in [0.25, 0.3) is 5.52 Å². The standard InChI is InChI=1S/C11H14BrN3/c1-13-6-2-5-11-14-8-10-9(12)4-3-7-15(10)11/h3-4,7-8,13H,2,5-6H2,1H3. The third-order valence-corrected chi connectivity index (χ3v) is 3.09. The first-order chi connectivity index (χ1) is 7.33. The fourth-order valence-electron chi connectivity index (χ4n) is 1.65. The zero-order valence-electron chi connectivity index (χ0n) is 8.70. The number of rotatable bonds is 4. The number of nitrogens with zero attached hydrogens (tertiary/aromatic N) is 2. The van der Waals surface area contributed by atoms with Crippen LogP contribution in [0.5, 0.6) is 0 Å². The summed E-state index contributed by atoms with van der Waals surface area (Å²) in [5, 5.41) is 3.14. The van der Waals surface area contributed by atoms with Crippen LogP contribution in [-0.2, 0) is 6.42 Å². The average molecular weight is 268 g/mol. The van der Waals surface area contributed by atoms with Gasteiger partial charge in [0.15, 0.2) is 0 Å². The minimum absolute atomic E-state index is 1.01. The van der Waals surface area contributed by atoms with Gasteiger partial charge in [0, 0.05) is 17.1 Å². The molecule has 2 aromatic rings. The zero-order valence-corrected chi connectivity index (χ0v) is 10.3. The first kappa shape index (κ1) is 10.6. The number of pyridine rings is 1. The summed E-state index contributed by atoms with van der Waals surface area (Å²) in [4.78, 5) is 4.43. The van der Waals surface area contributed by atoms with E-state index >= 15 is 0 Å². The lowest BCUT2D eigenvalue weighted by atomic mass is 10.3. The van der Waals surface area contributed by atoms with Gasteiger partial charge in [-0.05, 0) is 48.1 Å². The summed E-state index contributed by atoms with van der Waals surface area (Å²) < 4.78 is 3.23. The number of hydrogen-bond acceptors (Lipinski definition) is 2. The molecule has 0 saturated carbocycles. The Hall–Kier alpha value is -0.870. The smallest absolute Gasteiger partial charge is 0.113 e. The molecule has 0 saturated heterocycles. The highest BCUT2D eigenvalue weighted by atomic mass is 79.9. The van der Waals surface area contributed by atoms with Gasteiger partial charge < -0.3 is 9.72 Å². The number of hydrogen-bond donors (Lipinski definition) is 1. The van der Waals surface area contributed by atoms with E-state index in [0.717, 1.165) is 35.2 Å². The van der Waals surface area contributed by atoms with E-state index in [1.54, 1.807) is 0 Å². The lowest BCUT2D eigenvalue weighted by Crippen LogP contribution is -2.09. The third-order valence-electron chi connectivity index (χ3n) is 2.42. The zero-order chi connectivity index (χ0) is 10.7. The lowest BCUT2D eigenvalue weighted by Gasteiger charge is -2.01. The molecule has 0 amide bonds. The molecule has 2 heterocycles. The van der Waals surface area contributed by atoms with Gasteiger partial charge in [-0.2, -0.15) is 0 Å². The number of nitrogens with one attached hydrogen (secondary N) is 1. The molecular weight excluding hydrogens is 254 g/mol. The summed E-state index contributed by atoms with van der Waals surface area (Å²) in [5.41, 5.74) is 1.14. The van der Waals surface area contributed by atoms with Gasteiger partial charge >= 0.3 is 0 Å². The molecule has 0 fully saturated rings. The van der Waals surface area contributed by atoms with E-state index in [2.05, 4.69) is 36.8 Å². The van der Waals surface area contributed by atoms with Crippen molar-refractivity contribution >= 4 is 21.4 Å². The summed E-state index contributed by atoms with van der Waals surface area (Å²) in [7, 11) is 1.97. The van der Waals surface area contributed by atoms with Crippen molar-refractivity contribution in [1.29, 1.82) is 0 Å². The van der Waals surface area contributed by atoms with Crippen molar-refractivity contribution < 1.29 is 0 Å². The van der Waals surface area contributed by atoms with Crippen molar-refractivity contribution in [1.82, 2.24) is 14.7 Å². The van der Waals surface area contributed by atoms with E-state index in [1.807, 2.05) is 25.4 Å².